The van der Waals surface area contributed by atoms with Crippen molar-refractivity contribution in [3.05, 3.63) is 94.0 Å². The van der Waals surface area contributed by atoms with Crippen LogP contribution in [0.5, 0.6) is 0 Å². The molecule has 8 aromatic rings. The zero-order chi connectivity index (χ0) is 61.8. The van der Waals surface area contributed by atoms with E-state index < -0.39 is 20.0 Å². The van der Waals surface area contributed by atoms with Crippen LogP contribution in [0, 0.1) is 6.92 Å². The lowest BCUT2D eigenvalue weighted by Crippen LogP contribution is -2.49. The maximum atomic E-state index is 11.8. The number of amides is 2. The topological polar surface area (TPSA) is 246 Å². The van der Waals surface area contributed by atoms with Crippen molar-refractivity contribution in [1.29, 1.82) is 0 Å². The first kappa shape index (κ1) is 63.8. The quantitative estimate of drug-likeness (QED) is 0.106. The number of nitrogens with one attached hydrogen (secondary N) is 4. The number of piperazine rings is 4. The number of hydrogen-bond acceptors (Lipinski definition) is 15. The summed E-state index contributed by atoms with van der Waals surface area (Å²) in [5.41, 5.74) is 12.0. The molecule has 0 atom stereocenters. The SMILES string of the molecule is CC(=O)N1CCN(c2cc(C(C)C)cc3[nH]ncc23)CC1.CC(C)c1cc(N2CCN(S(C)(=O)=O)CC2)c2cn[nH]c2c1.CN(C)C(=O)CN1CCN(c2cc(Cl)cc3[nH]ncc23)CC1.Cc1[nH]nc2cc(Cl)cc(N3CCN(S(C)(=O)=O)CC3)c12. The number of aromatic nitrogens is 8. The lowest BCUT2D eigenvalue weighted by Gasteiger charge is -2.36. The molecule has 0 unspecified atom stereocenters. The van der Waals surface area contributed by atoms with Gasteiger partial charge >= 0.3 is 0 Å². The summed E-state index contributed by atoms with van der Waals surface area (Å²) in [5, 5.41) is 34.5. The number of carbonyl (C=O) groups is 2. The molecular formula is C59H81Cl2N17O6S2. The van der Waals surface area contributed by atoms with Crippen molar-refractivity contribution in [2.45, 2.75) is 53.4 Å². The smallest absolute Gasteiger partial charge is 0.236 e. The Bertz CT molecular complexity index is 3890. The minimum atomic E-state index is -3.12. The molecule has 4 aliphatic rings. The fourth-order valence-electron chi connectivity index (χ4n) is 11.3. The van der Waals surface area contributed by atoms with E-state index in [1.54, 1.807) is 30.2 Å². The molecule has 0 radical (unpaired) electrons. The number of aryl methyl sites for hydroxylation is 1. The van der Waals surface area contributed by atoms with Gasteiger partial charge in [-0.15, -0.1) is 0 Å². The van der Waals surface area contributed by atoms with Crippen LogP contribution >= 0.6 is 23.2 Å². The average molecular weight is 1260 g/mol. The Morgan fingerprint density at radius 2 is 0.919 bits per heavy atom. The maximum Gasteiger partial charge on any atom is 0.236 e. The van der Waals surface area contributed by atoms with Gasteiger partial charge in [0.1, 0.15) is 0 Å². The summed E-state index contributed by atoms with van der Waals surface area (Å²) >= 11 is 12.4. The summed E-state index contributed by atoms with van der Waals surface area (Å²) in [6, 6.07) is 16.4. The van der Waals surface area contributed by atoms with Crippen molar-refractivity contribution in [1.82, 2.24) is 64.1 Å². The molecule has 27 heteroatoms. The Morgan fingerprint density at radius 1 is 0.535 bits per heavy atom. The third kappa shape index (κ3) is 15.1. The summed E-state index contributed by atoms with van der Waals surface area (Å²) in [7, 11) is -2.63. The van der Waals surface area contributed by atoms with Gasteiger partial charge in [0.15, 0.2) is 0 Å². The molecule has 0 spiro atoms. The molecule has 464 valence electrons. The zero-order valence-electron chi connectivity index (χ0n) is 50.9. The van der Waals surface area contributed by atoms with Gasteiger partial charge in [0.25, 0.3) is 0 Å². The summed E-state index contributed by atoms with van der Waals surface area (Å²) in [5.74, 6) is 1.23. The van der Waals surface area contributed by atoms with Crippen molar-refractivity contribution < 1.29 is 26.4 Å². The van der Waals surface area contributed by atoms with Gasteiger partial charge in [0.2, 0.25) is 31.9 Å². The molecule has 4 N–H and O–H groups in total. The molecule has 0 bridgehead atoms. The lowest BCUT2D eigenvalue weighted by molar-refractivity contribution is -0.130. The van der Waals surface area contributed by atoms with Crippen LogP contribution < -0.4 is 19.6 Å². The van der Waals surface area contributed by atoms with Crippen LogP contribution in [0.25, 0.3) is 43.6 Å². The Morgan fingerprint density at radius 3 is 1.34 bits per heavy atom. The van der Waals surface area contributed by atoms with Gasteiger partial charge < -0.3 is 29.4 Å². The molecule has 4 aliphatic heterocycles. The van der Waals surface area contributed by atoms with Crippen molar-refractivity contribution in [2.75, 3.05) is 157 Å². The minimum absolute atomic E-state index is 0.147. The van der Waals surface area contributed by atoms with E-state index in [9.17, 15) is 26.4 Å². The molecular weight excluding hydrogens is 1180 g/mol. The fourth-order valence-corrected chi connectivity index (χ4v) is 13.4. The second-order valence-electron chi connectivity index (χ2n) is 23.3. The molecule has 86 heavy (non-hydrogen) atoms. The first-order valence-electron chi connectivity index (χ1n) is 29.1. The maximum absolute atomic E-state index is 11.8. The van der Waals surface area contributed by atoms with E-state index in [4.69, 9.17) is 23.2 Å². The summed E-state index contributed by atoms with van der Waals surface area (Å²) in [6.07, 6.45) is 8.10. The highest BCUT2D eigenvalue weighted by molar-refractivity contribution is 7.88. The van der Waals surface area contributed by atoms with Crippen LogP contribution in [0.2, 0.25) is 10.0 Å². The van der Waals surface area contributed by atoms with Crippen LogP contribution in [-0.4, -0.2) is 231 Å². The first-order valence-corrected chi connectivity index (χ1v) is 33.6. The van der Waals surface area contributed by atoms with E-state index in [0.29, 0.717) is 80.8 Å². The van der Waals surface area contributed by atoms with Gasteiger partial charge in [-0.05, 0) is 78.4 Å². The van der Waals surface area contributed by atoms with Gasteiger partial charge in [-0.1, -0.05) is 50.9 Å². The van der Waals surface area contributed by atoms with Crippen molar-refractivity contribution in [2.24, 2.45) is 0 Å². The number of sulfonamides is 2. The molecule has 4 saturated heterocycles. The van der Waals surface area contributed by atoms with E-state index in [1.807, 2.05) is 54.7 Å². The molecule has 4 aromatic carbocycles. The minimum Gasteiger partial charge on any atom is -0.368 e. The number of benzene rings is 4. The molecule has 0 saturated carbocycles. The van der Waals surface area contributed by atoms with Crippen LogP contribution in [-0.2, 0) is 29.6 Å². The standard InChI is InChI=1S/C16H22N4O.C15H20ClN5O.C15H22N4O2S.C13H17ClN4O2S/c1-11(2)13-8-15-14(10-17-18-15)16(9-13)20-6-4-19(5-7-20)12(3)21;1-19(2)15(22)10-20-3-5-21(6-4-20)14-8-11(16)7-13-12(14)9-17-18-13;1-11(2)12-8-14-13(10-16-17-14)15(9-12)18-4-6-19(7-5-18)22(3,20)21;1-9-13-11(16-15-9)7-10(14)8-12(13)17-3-5-18(6-4-17)21(2,19)20/h8-11H,4-7H2,1-3H3,(H,17,18);7-9H,3-6,10H2,1-2H3,(H,17,18);8-11H,4-7H2,1-3H3,(H,16,17);7-8H,3-6H2,1-2H3,(H,15,16). The van der Waals surface area contributed by atoms with E-state index in [2.05, 4.69) is 117 Å². The Kier molecular flexibility index (Phi) is 20.1. The molecule has 0 aliphatic carbocycles. The molecule has 12 rings (SSSR count). The number of likely N-dealkylation sites (N-methyl/N-ethyl adjacent to an activating group) is 1. The number of hydrogen-bond donors (Lipinski definition) is 4. The zero-order valence-corrected chi connectivity index (χ0v) is 54.0. The van der Waals surface area contributed by atoms with Crippen LogP contribution in [0.4, 0.5) is 22.7 Å². The van der Waals surface area contributed by atoms with Gasteiger partial charge in [-0.2, -0.15) is 29.0 Å². The first-order chi connectivity index (χ1) is 40.8. The molecule has 2 amide bonds. The number of nitrogens with zero attached hydrogens (tertiary/aromatic N) is 13. The Labute approximate surface area is 514 Å². The lowest BCUT2D eigenvalue weighted by atomic mass is 10.00. The van der Waals surface area contributed by atoms with Crippen LogP contribution in [0.1, 0.15) is 63.3 Å². The predicted octanol–water partition coefficient (Wildman–Crippen LogP) is 7.16. The number of carbonyl (C=O) groups excluding carboxylic acids is 2. The number of halogens is 2. The molecule has 4 fully saturated rings. The second-order valence-corrected chi connectivity index (χ2v) is 28.2. The Balaban J connectivity index is 0.000000137. The van der Waals surface area contributed by atoms with Crippen molar-refractivity contribution >= 4 is 121 Å². The third-order valence-corrected chi connectivity index (χ3v) is 19.5. The molecule has 8 heterocycles. The van der Waals surface area contributed by atoms with Gasteiger partial charge in [-0.25, -0.2) is 16.8 Å². The van der Waals surface area contributed by atoms with E-state index in [-0.39, 0.29) is 11.8 Å². The van der Waals surface area contributed by atoms with Crippen molar-refractivity contribution in [3.8, 4) is 0 Å². The highest BCUT2D eigenvalue weighted by Gasteiger charge is 2.28. The fraction of sp³-hybridized carbons (Fsp3) is 0.492. The van der Waals surface area contributed by atoms with E-state index >= 15 is 0 Å². The normalized spacial score (nSPS) is 16.8. The predicted molar refractivity (Wildman–Crippen MR) is 346 cm³/mol. The highest BCUT2D eigenvalue weighted by Crippen LogP contribution is 2.36. The monoisotopic (exact) mass is 1260 g/mol. The second kappa shape index (κ2) is 27.1. The summed E-state index contributed by atoms with van der Waals surface area (Å²) in [4.78, 5) is 38.1. The van der Waals surface area contributed by atoms with E-state index in [0.717, 1.165) is 119 Å². The third-order valence-electron chi connectivity index (χ3n) is 16.5. The number of fused-ring (bicyclic) bond motifs is 4. The number of anilines is 4. The van der Waals surface area contributed by atoms with E-state index in [1.165, 1.54) is 33.6 Å². The molecule has 23 nitrogen and oxygen atoms in total. The number of rotatable bonds is 10. The van der Waals surface area contributed by atoms with Gasteiger partial charge in [-0.3, -0.25) is 34.9 Å². The molecule has 4 aromatic heterocycles. The van der Waals surface area contributed by atoms with Crippen LogP contribution in [0.15, 0.2) is 67.1 Å². The highest BCUT2D eigenvalue weighted by atomic mass is 35.5. The number of aromatic amines is 4. The van der Waals surface area contributed by atoms with Gasteiger partial charge in [0.05, 0.1) is 59.7 Å². The number of H-pyrrole nitrogens is 4. The van der Waals surface area contributed by atoms with Crippen LogP contribution in [0.3, 0.4) is 0 Å². The summed E-state index contributed by atoms with van der Waals surface area (Å²) in [6.45, 7) is 24.4. The average Bonchev–Trinajstić information content (AvgIpc) is 3.03. The Hall–Kier alpha value is -6.74. The van der Waals surface area contributed by atoms with Crippen molar-refractivity contribution in [3.63, 3.8) is 0 Å². The largest absolute Gasteiger partial charge is 0.368 e. The van der Waals surface area contributed by atoms with Gasteiger partial charge in [0, 0.05) is 186 Å². The summed E-state index contributed by atoms with van der Waals surface area (Å²) < 4.78 is 49.5.